The molecule has 3 aliphatic heterocycles. The maximum atomic E-state index is 12.4. The van der Waals surface area contributed by atoms with E-state index >= 15 is 0 Å². The minimum Gasteiger partial charge on any atom is -0.458 e. The van der Waals surface area contributed by atoms with Crippen LogP contribution >= 0.6 is 0 Å². The van der Waals surface area contributed by atoms with E-state index in [2.05, 4.69) is 6.58 Å². The fourth-order valence-electron chi connectivity index (χ4n) is 4.31. The van der Waals surface area contributed by atoms with Gasteiger partial charge in [0.2, 0.25) is 0 Å². The number of hydrogen-bond donors (Lipinski definition) is 2. The van der Waals surface area contributed by atoms with Gasteiger partial charge in [0, 0.05) is 29.9 Å². The molecule has 0 radical (unpaired) electrons. The minimum atomic E-state index is -1.53. The van der Waals surface area contributed by atoms with Gasteiger partial charge >= 0.3 is 11.9 Å². The number of esters is 2. The Morgan fingerprint density at radius 1 is 1.41 bits per heavy atom. The minimum absolute atomic E-state index is 0.0471. The number of aliphatic hydroxyl groups is 2. The highest BCUT2D eigenvalue weighted by Crippen LogP contribution is 2.49. The third-order valence-corrected chi connectivity index (χ3v) is 6.30. The van der Waals surface area contributed by atoms with Crippen LogP contribution < -0.4 is 0 Å². The molecule has 0 saturated carbocycles. The maximum absolute atomic E-state index is 12.4. The molecule has 0 unspecified atom stereocenters. The lowest BCUT2D eigenvalue weighted by Crippen LogP contribution is -2.44. The van der Waals surface area contributed by atoms with Crippen molar-refractivity contribution in [3.05, 3.63) is 23.8 Å². The first-order valence-electron chi connectivity index (χ1n) is 9.35. The number of allylic oxidation sites excluding steroid dienone is 1. The van der Waals surface area contributed by atoms with Gasteiger partial charge in [-0.25, -0.2) is 9.59 Å². The largest absolute Gasteiger partial charge is 0.458 e. The molecular formula is C20H28O7. The highest BCUT2D eigenvalue weighted by Gasteiger charge is 2.60. The Labute approximate surface area is 159 Å². The summed E-state index contributed by atoms with van der Waals surface area (Å²) in [7, 11) is 0. The molecule has 0 aromatic rings. The maximum Gasteiger partial charge on any atom is 0.334 e. The molecule has 150 valence electrons. The fraction of sp³-hybridized carbons (Fsp3) is 0.700. The summed E-state index contributed by atoms with van der Waals surface area (Å²) in [4.78, 5) is 24.6. The summed E-state index contributed by atoms with van der Waals surface area (Å²) in [6.07, 6.45) is -0.166. The molecule has 7 heteroatoms. The third-order valence-electron chi connectivity index (χ3n) is 6.30. The smallest absolute Gasteiger partial charge is 0.334 e. The zero-order valence-corrected chi connectivity index (χ0v) is 16.2. The lowest BCUT2D eigenvalue weighted by molar-refractivity contribution is -0.252. The summed E-state index contributed by atoms with van der Waals surface area (Å²) < 4.78 is 17.1. The van der Waals surface area contributed by atoms with Crippen molar-refractivity contribution in [3.63, 3.8) is 0 Å². The zero-order valence-electron chi connectivity index (χ0n) is 16.2. The highest BCUT2D eigenvalue weighted by molar-refractivity contribution is 5.91. The van der Waals surface area contributed by atoms with Crippen LogP contribution in [0.15, 0.2) is 23.8 Å². The van der Waals surface area contributed by atoms with Crippen LogP contribution in [0, 0.1) is 11.8 Å². The van der Waals surface area contributed by atoms with Gasteiger partial charge < -0.3 is 24.4 Å². The number of aliphatic hydroxyl groups excluding tert-OH is 1. The Hall–Kier alpha value is -1.70. The number of carbonyl (C=O) groups is 2. The molecule has 2 bridgehead atoms. The van der Waals surface area contributed by atoms with Gasteiger partial charge in [0.1, 0.15) is 12.2 Å². The molecule has 0 aromatic heterocycles. The second kappa shape index (κ2) is 6.72. The van der Waals surface area contributed by atoms with E-state index in [0.717, 1.165) is 0 Å². The lowest BCUT2D eigenvalue weighted by atomic mass is 9.78. The summed E-state index contributed by atoms with van der Waals surface area (Å²) in [5.41, 5.74) is -0.449. The Morgan fingerprint density at radius 2 is 2.07 bits per heavy atom. The molecule has 3 aliphatic rings. The fourth-order valence-corrected chi connectivity index (χ4v) is 4.31. The molecular weight excluding hydrogens is 352 g/mol. The van der Waals surface area contributed by atoms with Gasteiger partial charge in [-0.2, -0.15) is 0 Å². The summed E-state index contributed by atoms with van der Waals surface area (Å²) >= 11 is 0. The molecule has 0 amide bonds. The highest BCUT2D eigenvalue weighted by atomic mass is 16.7. The van der Waals surface area contributed by atoms with Crippen molar-refractivity contribution >= 4 is 11.9 Å². The number of fused-ring (bicyclic) bond motifs is 3. The molecule has 3 saturated heterocycles. The standard InChI is InChI=1S/C20H28O7/c1-6-10(2)17(22)26-14-8-19(5)15(21)9-20(24,27-19)11(3)7-13-16(14)12(4)18(23)25-13/h6,11,13-16,21,24H,4,7-9H2,1-3,5H3/b10-6-/t11-,13+,14+,15-,16-,19+,20+/m0/s1. The van der Waals surface area contributed by atoms with Crippen LogP contribution in [0.5, 0.6) is 0 Å². The van der Waals surface area contributed by atoms with Gasteiger partial charge in [-0.1, -0.05) is 19.6 Å². The lowest BCUT2D eigenvalue weighted by Gasteiger charge is -2.34. The molecule has 3 rings (SSSR count). The second-order valence-corrected chi connectivity index (χ2v) is 8.23. The van der Waals surface area contributed by atoms with E-state index in [1.165, 1.54) is 0 Å². The first kappa shape index (κ1) is 20.0. The van der Waals surface area contributed by atoms with E-state index in [-0.39, 0.29) is 18.4 Å². The molecule has 0 spiro atoms. The van der Waals surface area contributed by atoms with Gasteiger partial charge in [-0.05, 0) is 27.2 Å². The Balaban J connectivity index is 2.01. The normalized spacial score (nSPS) is 44.8. The molecule has 7 nitrogen and oxygen atoms in total. The van der Waals surface area contributed by atoms with Gasteiger partial charge in [0.25, 0.3) is 0 Å². The monoisotopic (exact) mass is 380 g/mol. The molecule has 0 aliphatic carbocycles. The first-order valence-corrected chi connectivity index (χ1v) is 9.35. The predicted octanol–water partition coefficient (Wildman–Crippen LogP) is 1.62. The van der Waals surface area contributed by atoms with Crippen LogP contribution in [0.4, 0.5) is 0 Å². The SMILES string of the molecule is C=C1C(=O)O[C@@H]2C[C@H](C)[C@@]3(O)C[C@H](O)[C@@](C)(C[C@@H](OC(=O)/C(C)=C\C)[C@@H]12)O3. The van der Waals surface area contributed by atoms with Crippen LogP contribution in [-0.2, 0) is 23.8 Å². The number of ether oxygens (including phenoxy) is 3. The van der Waals surface area contributed by atoms with Gasteiger partial charge in [0.05, 0.1) is 17.6 Å². The molecule has 3 heterocycles. The molecule has 3 fully saturated rings. The van der Waals surface area contributed by atoms with Crippen molar-refractivity contribution in [2.45, 2.75) is 76.7 Å². The van der Waals surface area contributed by atoms with Gasteiger partial charge in [-0.3, -0.25) is 0 Å². The summed E-state index contributed by atoms with van der Waals surface area (Å²) in [6, 6.07) is 0. The zero-order chi connectivity index (χ0) is 20.1. The number of carbonyl (C=O) groups excluding carboxylic acids is 2. The quantitative estimate of drug-likeness (QED) is 0.554. The van der Waals surface area contributed by atoms with Gasteiger partial charge in [-0.15, -0.1) is 0 Å². The summed E-state index contributed by atoms with van der Waals surface area (Å²) in [5, 5.41) is 21.5. The predicted molar refractivity (Wildman–Crippen MR) is 95.3 cm³/mol. The van der Waals surface area contributed by atoms with Crippen LogP contribution in [0.1, 0.15) is 47.0 Å². The number of rotatable bonds is 2. The van der Waals surface area contributed by atoms with Crippen molar-refractivity contribution in [1.82, 2.24) is 0 Å². The Bertz CT molecular complexity index is 698. The summed E-state index contributed by atoms with van der Waals surface area (Å²) in [5.74, 6) is -3.51. The van der Waals surface area contributed by atoms with E-state index in [0.29, 0.717) is 12.0 Å². The molecule has 7 atom stereocenters. The Kier molecular flexibility index (Phi) is 4.99. The Morgan fingerprint density at radius 3 is 2.70 bits per heavy atom. The van der Waals surface area contributed by atoms with E-state index in [1.807, 2.05) is 0 Å². The van der Waals surface area contributed by atoms with Crippen LogP contribution in [0.3, 0.4) is 0 Å². The average Bonchev–Trinajstić information content (AvgIpc) is 2.99. The topological polar surface area (TPSA) is 102 Å². The van der Waals surface area contributed by atoms with Gasteiger partial charge in [0.15, 0.2) is 5.79 Å². The van der Waals surface area contributed by atoms with Crippen LogP contribution in [-0.4, -0.2) is 51.9 Å². The van der Waals surface area contributed by atoms with Crippen molar-refractivity contribution in [2.24, 2.45) is 11.8 Å². The molecule has 0 aromatic carbocycles. The van der Waals surface area contributed by atoms with Crippen molar-refractivity contribution < 1.29 is 34.0 Å². The average molecular weight is 380 g/mol. The summed E-state index contributed by atoms with van der Waals surface area (Å²) in [6.45, 7) is 10.7. The molecule has 27 heavy (non-hydrogen) atoms. The second-order valence-electron chi connectivity index (χ2n) is 8.23. The molecule has 2 N–H and O–H groups in total. The van der Waals surface area contributed by atoms with Crippen molar-refractivity contribution in [2.75, 3.05) is 0 Å². The van der Waals surface area contributed by atoms with Crippen LogP contribution in [0.2, 0.25) is 0 Å². The van der Waals surface area contributed by atoms with Crippen molar-refractivity contribution in [1.29, 1.82) is 0 Å². The number of hydrogen-bond acceptors (Lipinski definition) is 7. The van der Waals surface area contributed by atoms with Crippen LogP contribution in [0.25, 0.3) is 0 Å². The van der Waals surface area contributed by atoms with Crippen molar-refractivity contribution in [3.8, 4) is 0 Å². The van der Waals surface area contributed by atoms with E-state index < -0.39 is 53.5 Å². The first-order chi connectivity index (χ1) is 12.5. The third kappa shape index (κ3) is 3.32. The van der Waals surface area contributed by atoms with E-state index in [9.17, 15) is 19.8 Å². The van der Waals surface area contributed by atoms with E-state index in [4.69, 9.17) is 14.2 Å². The van der Waals surface area contributed by atoms with E-state index in [1.54, 1.807) is 33.8 Å².